The molecule has 2 N–H and O–H groups in total. The van der Waals surface area contributed by atoms with Crippen molar-refractivity contribution in [2.75, 3.05) is 57.8 Å². The highest BCUT2D eigenvalue weighted by Gasteiger charge is 2.39. The minimum atomic E-state index is -0.284. The molecule has 1 spiro atoms. The normalized spacial score (nSPS) is 21.4. The van der Waals surface area contributed by atoms with Crippen LogP contribution in [0.25, 0.3) is 11.2 Å². The Labute approximate surface area is 233 Å². The third-order valence-electron chi connectivity index (χ3n) is 7.79. The van der Waals surface area contributed by atoms with Crippen molar-refractivity contribution in [2.45, 2.75) is 31.8 Å². The quantitative estimate of drug-likeness (QED) is 0.502. The number of benzene rings is 1. The maximum atomic E-state index is 13.3. The van der Waals surface area contributed by atoms with Crippen LogP contribution in [0.1, 0.15) is 42.1 Å². The number of anilines is 2. The molecule has 2 amide bonds. The second-order valence-corrected chi connectivity index (χ2v) is 10.5. The molecular weight excluding hydrogens is 510 g/mol. The van der Waals surface area contributed by atoms with Crippen molar-refractivity contribution in [1.82, 2.24) is 29.7 Å². The van der Waals surface area contributed by atoms with Gasteiger partial charge in [-0.2, -0.15) is 4.98 Å². The number of likely N-dealkylation sites (tertiary alicyclic amines) is 1. The Morgan fingerprint density at radius 3 is 2.80 bits per heavy atom. The lowest BCUT2D eigenvalue weighted by Gasteiger charge is -2.45. The van der Waals surface area contributed by atoms with Gasteiger partial charge < -0.3 is 29.9 Å². The number of nitrogens with one attached hydrogen (secondary N) is 2. The van der Waals surface area contributed by atoms with Crippen LogP contribution in [-0.2, 0) is 9.47 Å². The Hall–Kier alpha value is -3.96. The van der Waals surface area contributed by atoms with Gasteiger partial charge in [0.2, 0.25) is 5.95 Å². The second-order valence-electron chi connectivity index (χ2n) is 10.5. The van der Waals surface area contributed by atoms with Crippen molar-refractivity contribution in [3.8, 4) is 0 Å². The van der Waals surface area contributed by atoms with Crippen LogP contribution in [0.5, 0.6) is 0 Å². The highest BCUT2D eigenvalue weighted by molar-refractivity contribution is 5.94. The average Bonchev–Trinajstić information content (AvgIpc) is 3.40. The molecule has 0 saturated carbocycles. The molecule has 2 saturated heterocycles. The number of fused-ring (bicyclic) bond motifs is 1. The predicted molar refractivity (Wildman–Crippen MR) is 151 cm³/mol. The summed E-state index contributed by atoms with van der Waals surface area (Å²) < 4.78 is 13.0. The number of aromatic nitrogens is 3. The Balaban J connectivity index is 1.13. The zero-order chi connectivity index (χ0) is 27.5. The molecule has 0 aliphatic carbocycles. The number of hydrogen-bond donors (Lipinski definition) is 2. The van der Waals surface area contributed by atoms with Crippen LogP contribution in [0.3, 0.4) is 0 Å². The third-order valence-corrected chi connectivity index (χ3v) is 7.79. The summed E-state index contributed by atoms with van der Waals surface area (Å²) in [7, 11) is 0. The molecule has 2 fully saturated rings. The molecule has 1 atom stereocenters. The van der Waals surface area contributed by atoms with E-state index < -0.39 is 0 Å². The average molecular weight is 546 g/mol. The van der Waals surface area contributed by atoms with E-state index in [0.717, 1.165) is 54.9 Å². The highest BCUT2D eigenvalue weighted by Crippen LogP contribution is 2.29. The van der Waals surface area contributed by atoms with Crippen LogP contribution in [0.15, 0.2) is 48.7 Å². The number of carbonyl (C=O) groups is 2. The second kappa shape index (κ2) is 11.3. The molecule has 11 heteroatoms. The Morgan fingerprint density at radius 1 is 1.18 bits per heavy atom. The Morgan fingerprint density at radius 2 is 2.05 bits per heavy atom. The van der Waals surface area contributed by atoms with E-state index in [2.05, 4.69) is 15.7 Å². The van der Waals surface area contributed by atoms with E-state index in [1.807, 2.05) is 60.5 Å². The number of carbonyl (C=O) groups excluding carboxylic acids is 2. The fraction of sp³-hybridized carbons (Fsp3) is 0.448. The fourth-order valence-corrected chi connectivity index (χ4v) is 5.75. The molecule has 1 aromatic carbocycles. The van der Waals surface area contributed by atoms with E-state index in [1.165, 1.54) is 0 Å². The number of rotatable bonds is 5. The first-order valence-corrected chi connectivity index (χ1v) is 14.0. The van der Waals surface area contributed by atoms with Gasteiger partial charge in [0.15, 0.2) is 5.65 Å². The third kappa shape index (κ3) is 5.39. The smallest absolute Gasteiger partial charge is 0.410 e. The van der Waals surface area contributed by atoms with Crippen LogP contribution in [-0.4, -0.2) is 94.5 Å². The highest BCUT2D eigenvalue weighted by atomic mass is 16.6. The van der Waals surface area contributed by atoms with Crippen LogP contribution >= 0.6 is 0 Å². The van der Waals surface area contributed by atoms with Crippen molar-refractivity contribution in [3.05, 3.63) is 59.8 Å². The summed E-state index contributed by atoms with van der Waals surface area (Å²) in [5.41, 5.74) is 4.04. The van der Waals surface area contributed by atoms with Crippen molar-refractivity contribution >= 4 is 34.9 Å². The van der Waals surface area contributed by atoms with Crippen molar-refractivity contribution in [3.63, 3.8) is 0 Å². The summed E-state index contributed by atoms with van der Waals surface area (Å²) >= 11 is 0. The topological polar surface area (TPSA) is 113 Å². The molecule has 11 nitrogen and oxygen atoms in total. The largest absolute Gasteiger partial charge is 0.450 e. The number of amides is 2. The summed E-state index contributed by atoms with van der Waals surface area (Å²) in [5.74, 6) is 0.494. The number of piperidine rings is 1. The predicted octanol–water partition coefficient (Wildman–Crippen LogP) is 3.31. The van der Waals surface area contributed by atoms with E-state index in [4.69, 9.17) is 14.5 Å². The summed E-state index contributed by atoms with van der Waals surface area (Å²) in [4.78, 5) is 33.7. The number of nitrogens with zero attached hydrogens (tertiary/aromatic N) is 5. The van der Waals surface area contributed by atoms with E-state index in [-0.39, 0.29) is 17.6 Å². The molecule has 3 aromatic rings. The maximum absolute atomic E-state index is 13.3. The number of ether oxygens (including phenoxy) is 2. The van der Waals surface area contributed by atoms with Gasteiger partial charge in [-0.1, -0.05) is 6.08 Å². The lowest BCUT2D eigenvalue weighted by Crippen LogP contribution is -2.59. The monoisotopic (exact) mass is 545 g/mol. The molecule has 0 bridgehead atoms. The first-order valence-electron chi connectivity index (χ1n) is 14.0. The summed E-state index contributed by atoms with van der Waals surface area (Å²) in [6.45, 7) is 6.97. The van der Waals surface area contributed by atoms with Gasteiger partial charge in [0, 0.05) is 55.7 Å². The molecule has 6 rings (SSSR count). The zero-order valence-electron chi connectivity index (χ0n) is 22.8. The first kappa shape index (κ1) is 26.3. The van der Waals surface area contributed by atoms with E-state index in [9.17, 15) is 9.59 Å². The summed E-state index contributed by atoms with van der Waals surface area (Å²) in [5, 5.41) is 11.3. The fourth-order valence-electron chi connectivity index (χ4n) is 5.75. The van der Waals surface area contributed by atoms with Crippen molar-refractivity contribution in [2.24, 2.45) is 0 Å². The zero-order valence-corrected chi connectivity index (χ0v) is 22.8. The minimum Gasteiger partial charge on any atom is -0.450 e. The van der Waals surface area contributed by atoms with Crippen molar-refractivity contribution < 1.29 is 19.1 Å². The lowest BCUT2D eigenvalue weighted by molar-refractivity contribution is -0.0989. The number of hydrogen-bond acceptors (Lipinski definition) is 8. The van der Waals surface area contributed by atoms with Gasteiger partial charge in [0.1, 0.15) is 0 Å². The Bertz CT molecular complexity index is 1410. The van der Waals surface area contributed by atoms with Crippen LogP contribution in [0, 0.1) is 0 Å². The van der Waals surface area contributed by atoms with Crippen LogP contribution < -0.4 is 10.6 Å². The van der Waals surface area contributed by atoms with E-state index >= 15 is 0 Å². The van der Waals surface area contributed by atoms with Gasteiger partial charge in [-0.15, -0.1) is 5.10 Å². The first-order chi connectivity index (χ1) is 19.5. The molecule has 40 heavy (non-hydrogen) atoms. The molecule has 3 aliphatic heterocycles. The summed E-state index contributed by atoms with van der Waals surface area (Å²) in [6, 6.07) is 11.4. The van der Waals surface area contributed by atoms with Gasteiger partial charge in [0.25, 0.3) is 5.91 Å². The lowest BCUT2D eigenvalue weighted by atomic mass is 9.91. The van der Waals surface area contributed by atoms with Gasteiger partial charge in [0.05, 0.1) is 25.4 Å². The summed E-state index contributed by atoms with van der Waals surface area (Å²) in [6.07, 6.45) is 6.26. The number of morpholine rings is 1. The standard InChI is InChI=1S/C29H35N7O4/c1-2-39-28(38)34-16-10-21(11-17-34)24-5-3-15-36-25(24)32-27(33-36)31-23-8-6-22(7-9-23)26(37)35-14-4-12-29(20-35)19-30-13-18-40-29/h3,5-10,15,30H,2,4,11-14,16-20H2,1H3,(H,31,33). The van der Waals surface area contributed by atoms with Crippen molar-refractivity contribution in [1.29, 1.82) is 0 Å². The molecule has 210 valence electrons. The van der Waals surface area contributed by atoms with E-state index in [1.54, 1.807) is 9.42 Å². The Kier molecular flexibility index (Phi) is 7.40. The SMILES string of the molecule is CCOC(=O)N1CC=C(c2cccn3nc(Nc4ccc(C(=O)N5CCCC6(CNCCO6)C5)cc4)nc23)CC1. The molecule has 2 aromatic heterocycles. The molecular formula is C29H35N7O4. The van der Waals surface area contributed by atoms with Gasteiger partial charge in [-0.3, -0.25) is 4.79 Å². The van der Waals surface area contributed by atoms with Crippen LogP contribution in [0.2, 0.25) is 0 Å². The molecule has 5 heterocycles. The minimum absolute atomic E-state index is 0.0255. The van der Waals surface area contributed by atoms with Gasteiger partial charge >= 0.3 is 6.09 Å². The van der Waals surface area contributed by atoms with E-state index in [0.29, 0.717) is 50.8 Å². The van der Waals surface area contributed by atoms with Crippen LogP contribution in [0.4, 0.5) is 16.4 Å². The molecule has 0 radical (unpaired) electrons. The molecule has 3 aliphatic rings. The molecule has 1 unspecified atom stereocenters. The van der Waals surface area contributed by atoms with Gasteiger partial charge in [-0.25, -0.2) is 9.31 Å². The van der Waals surface area contributed by atoms with Gasteiger partial charge in [-0.05, 0) is 68.2 Å². The maximum Gasteiger partial charge on any atom is 0.410 e. The number of pyridine rings is 1.